The maximum Gasteiger partial charge on any atom is 0.254 e. The average Bonchev–Trinajstić information content (AvgIpc) is 3.31. The molecule has 26 heavy (non-hydrogen) atoms. The van der Waals surface area contributed by atoms with Gasteiger partial charge in [-0.1, -0.05) is 0 Å². The van der Waals surface area contributed by atoms with Crippen LogP contribution >= 0.6 is 11.3 Å². The molecule has 1 aliphatic rings. The van der Waals surface area contributed by atoms with Gasteiger partial charge >= 0.3 is 0 Å². The summed E-state index contributed by atoms with van der Waals surface area (Å²) in [5.41, 5.74) is 3.67. The number of pyridine rings is 1. The number of thiophene rings is 1. The van der Waals surface area contributed by atoms with Crippen molar-refractivity contribution in [2.24, 2.45) is 7.05 Å². The number of carbonyl (C=O) groups excluding carboxylic acids is 1. The van der Waals surface area contributed by atoms with Crippen LogP contribution in [0.15, 0.2) is 29.1 Å². The van der Waals surface area contributed by atoms with Crippen molar-refractivity contribution in [3.8, 4) is 0 Å². The van der Waals surface area contributed by atoms with E-state index in [4.69, 9.17) is 0 Å². The fourth-order valence-electron chi connectivity index (χ4n) is 3.62. The number of nitrogens with zero attached hydrogens (tertiary/aromatic N) is 5. The molecule has 4 heterocycles. The molecule has 1 fully saturated rings. The van der Waals surface area contributed by atoms with E-state index in [9.17, 15) is 4.79 Å². The summed E-state index contributed by atoms with van der Waals surface area (Å²) in [5, 5.41) is 9.43. The number of amides is 1. The molecule has 0 spiro atoms. The first-order chi connectivity index (χ1) is 12.5. The van der Waals surface area contributed by atoms with Crippen molar-refractivity contribution in [1.29, 1.82) is 0 Å². The Kier molecular flexibility index (Phi) is 4.50. The highest BCUT2D eigenvalue weighted by atomic mass is 32.1. The van der Waals surface area contributed by atoms with Gasteiger partial charge in [-0.3, -0.25) is 14.4 Å². The standard InChI is InChI=1S/C19H23N5OS/c1-13-10-16(17-11-20-22(3)18(17)21-13)19(25)24-7-5-23(6-8-24)14(2)15-4-9-26-12-15/h4,9-12,14H,5-8H2,1-3H3. The fourth-order valence-corrected chi connectivity index (χ4v) is 4.37. The van der Waals surface area contributed by atoms with Gasteiger partial charge < -0.3 is 4.90 Å². The van der Waals surface area contributed by atoms with Crippen LogP contribution in [0, 0.1) is 6.92 Å². The Morgan fingerprint density at radius 1 is 1.27 bits per heavy atom. The summed E-state index contributed by atoms with van der Waals surface area (Å²) >= 11 is 1.73. The second-order valence-corrected chi connectivity index (χ2v) is 7.66. The lowest BCUT2D eigenvalue weighted by atomic mass is 10.1. The summed E-state index contributed by atoms with van der Waals surface area (Å²) in [7, 11) is 1.85. The van der Waals surface area contributed by atoms with Crippen LogP contribution in [0.5, 0.6) is 0 Å². The van der Waals surface area contributed by atoms with Crippen LogP contribution in [-0.4, -0.2) is 56.7 Å². The van der Waals surface area contributed by atoms with E-state index in [2.05, 4.69) is 38.7 Å². The summed E-state index contributed by atoms with van der Waals surface area (Å²) in [5.74, 6) is 0.0799. The molecule has 3 aromatic heterocycles. The summed E-state index contributed by atoms with van der Waals surface area (Å²) < 4.78 is 1.72. The zero-order valence-electron chi connectivity index (χ0n) is 15.3. The molecule has 0 saturated carbocycles. The predicted molar refractivity (Wildman–Crippen MR) is 103 cm³/mol. The maximum atomic E-state index is 13.1. The Morgan fingerprint density at radius 2 is 2.04 bits per heavy atom. The predicted octanol–water partition coefficient (Wildman–Crippen LogP) is 2.86. The third kappa shape index (κ3) is 3.01. The SMILES string of the molecule is Cc1cc(C(=O)N2CCN(C(C)c3ccsc3)CC2)c2cnn(C)c2n1. The van der Waals surface area contributed by atoms with Crippen molar-refractivity contribution < 1.29 is 4.79 Å². The van der Waals surface area contributed by atoms with E-state index < -0.39 is 0 Å². The first-order valence-electron chi connectivity index (χ1n) is 8.89. The van der Waals surface area contributed by atoms with Crippen molar-refractivity contribution in [3.05, 3.63) is 45.9 Å². The van der Waals surface area contributed by atoms with Crippen molar-refractivity contribution in [2.75, 3.05) is 26.2 Å². The number of carbonyl (C=O) groups is 1. The molecule has 1 atom stereocenters. The van der Waals surface area contributed by atoms with E-state index in [-0.39, 0.29) is 5.91 Å². The molecular formula is C19H23N5OS. The van der Waals surface area contributed by atoms with Gasteiger partial charge in [0.1, 0.15) is 0 Å². The lowest BCUT2D eigenvalue weighted by molar-refractivity contribution is 0.0584. The van der Waals surface area contributed by atoms with E-state index >= 15 is 0 Å². The van der Waals surface area contributed by atoms with Gasteiger partial charge in [0.05, 0.1) is 17.1 Å². The lowest BCUT2D eigenvalue weighted by Gasteiger charge is -2.38. The zero-order valence-corrected chi connectivity index (χ0v) is 16.2. The van der Waals surface area contributed by atoms with Crippen molar-refractivity contribution in [2.45, 2.75) is 19.9 Å². The smallest absolute Gasteiger partial charge is 0.254 e. The Hall–Kier alpha value is -2.25. The van der Waals surface area contributed by atoms with Crippen LogP contribution in [-0.2, 0) is 7.05 Å². The van der Waals surface area contributed by atoms with Gasteiger partial charge in [0.15, 0.2) is 5.65 Å². The van der Waals surface area contributed by atoms with Crippen LogP contribution in [0.25, 0.3) is 11.0 Å². The number of rotatable bonds is 3. The molecule has 0 aromatic carbocycles. The van der Waals surface area contributed by atoms with Crippen LogP contribution < -0.4 is 0 Å². The molecule has 136 valence electrons. The highest BCUT2D eigenvalue weighted by molar-refractivity contribution is 7.07. The summed E-state index contributed by atoms with van der Waals surface area (Å²) in [4.78, 5) is 22.0. The number of fused-ring (bicyclic) bond motifs is 1. The zero-order chi connectivity index (χ0) is 18.3. The molecule has 0 aliphatic carbocycles. The molecule has 0 radical (unpaired) electrons. The topological polar surface area (TPSA) is 54.3 Å². The summed E-state index contributed by atoms with van der Waals surface area (Å²) in [6.45, 7) is 7.44. The van der Waals surface area contributed by atoms with E-state index in [1.165, 1.54) is 5.56 Å². The number of piperazine rings is 1. The highest BCUT2D eigenvalue weighted by Crippen LogP contribution is 2.25. The van der Waals surface area contributed by atoms with E-state index in [1.54, 1.807) is 22.2 Å². The second kappa shape index (κ2) is 6.81. The van der Waals surface area contributed by atoms with Crippen molar-refractivity contribution in [1.82, 2.24) is 24.6 Å². The minimum atomic E-state index is 0.0799. The third-order valence-electron chi connectivity index (χ3n) is 5.24. The number of aryl methyl sites for hydroxylation is 2. The molecule has 1 aliphatic heterocycles. The Morgan fingerprint density at radius 3 is 2.73 bits per heavy atom. The van der Waals surface area contributed by atoms with Crippen LogP contribution in [0.3, 0.4) is 0 Å². The molecule has 1 amide bonds. The Bertz CT molecular complexity index is 925. The van der Waals surface area contributed by atoms with Crippen molar-refractivity contribution in [3.63, 3.8) is 0 Å². The maximum absolute atomic E-state index is 13.1. The van der Waals surface area contributed by atoms with E-state index in [0.29, 0.717) is 11.6 Å². The van der Waals surface area contributed by atoms with E-state index in [0.717, 1.165) is 42.9 Å². The fraction of sp³-hybridized carbons (Fsp3) is 0.421. The minimum absolute atomic E-state index is 0.0799. The number of aromatic nitrogens is 3. The molecule has 4 rings (SSSR count). The lowest BCUT2D eigenvalue weighted by Crippen LogP contribution is -2.49. The Balaban J connectivity index is 1.51. The molecule has 6 nitrogen and oxygen atoms in total. The van der Waals surface area contributed by atoms with Gasteiger partial charge in [-0.15, -0.1) is 0 Å². The molecule has 0 N–H and O–H groups in total. The summed E-state index contributed by atoms with van der Waals surface area (Å²) in [6, 6.07) is 4.46. The number of hydrogen-bond acceptors (Lipinski definition) is 5. The molecule has 1 saturated heterocycles. The number of hydrogen-bond donors (Lipinski definition) is 0. The molecule has 7 heteroatoms. The van der Waals surface area contributed by atoms with Crippen molar-refractivity contribution >= 4 is 28.3 Å². The van der Waals surface area contributed by atoms with Gasteiger partial charge in [0, 0.05) is 45.0 Å². The quantitative estimate of drug-likeness (QED) is 0.712. The first-order valence-corrected chi connectivity index (χ1v) is 9.83. The molecule has 1 unspecified atom stereocenters. The van der Waals surface area contributed by atoms with Gasteiger partial charge in [-0.25, -0.2) is 4.98 Å². The van der Waals surface area contributed by atoms with E-state index in [1.807, 2.05) is 24.9 Å². The average molecular weight is 369 g/mol. The highest BCUT2D eigenvalue weighted by Gasteiger charge is 2.27. The molecule has 0 bridgehead atoms. The molecule has 3 aromatic rings. The van der Waals surface area contributed by atoms with Crippen LogP contribution in [0.2, 0.25) is 0 Å². The van der Waals surface area contributed by atoms with Crippen LogP contribution in [0.1, 0.15) is 34.6 Å². The van der Waals surface area contributed by atoms with Gasteiger partial charge in [0.2, 0.25) is 0 Å². The molecular weight excluding hydrogens is 346 g/mol. The third-order valence-corrected chi connectivity index (χ3v) is 5.94. The normalized spacial score (nSPS) is 17.0. The summed E-state index contributed by atoms with van der Waals surface area (Å²) in [6.07, 6.45) is 1.74. The minimum Gasteiger partial charge on any atom is -0.336 e. The van der Waals surface area contributed by atoms with Crippen LogP contribution in [0.4, 0.5) is 0 Å². The monoisotopic (exact) mass is 369 g/mol. The van der Waals surface area contributed by atoms with Gasteiger partial charge in [0.25, 0.3) is 5.91 Å². The van der Waals surface area contributed by atoms with Gasteiger partial charge in [-0.05, 0) is 42.3 Å². The first kappa shape index (κ1) is 17.2. The largest absolute Gasteiger partial charge is 0.336 e. The van der Waals surface area contributed by atoms with Gasteiger partial charge in [-0.2, -0.15) is 16.4 Å². The second-order valence-electron chi connectivity index (χ2n) is 6.88. The Labute approximate surface area is 157 Å².